The number of hydrogen-bond acceptors (Lipinski definition) is 3. The summed E-state index contributed by atoms with van der Waals surface area (Å²) in [6, 6.07) is 0.698. The smallest absolute Gasteiger partial charge is 0.307 e. The first-order chi connectivity index (χ1) is 6.86. The number of nitrogens with zero attached hydrogens (tertiary/aromatic N) is 1. The summed E-state index contributed by atoms with van der Waals surface area (Å²) < 4.78 is 1.81. The Balaban J connectivity index is 1.72. The van der Waals surface area contributed by atoms with Gasteiger partial charge < -0.3 is 9.88 Å². The molecule has 1 aliphatic heterocycles. The molecule has 14 heavy (non-hydrogen) atoms. The first-order valence-electron chi connectivity index (χ1n) is 5.23. The number of aromatic nitrogens is 1. The molecular weight excluding hydrogens is 196 g/mol. The third kappa shape index (κ3) is 2.45. The van der Waals surface area contributed by atoms with Crippen LogP contribution in [0.4, 0.5) is 0 Å². The summed E-state index contributed by atoms with van der Waals surface area (Å²) in [6.07, 6.45) is 6.80. The van der Waals surface area contributed by atoms with E-state index < -0.39 is 0 Å². The predicted octanol–water partition coefficient (Wildman–Crippen LogP) is 1.44. The molecule has 2 rings (SSSR count). The number of aryl methyl sites for hydroxylation is 1. The Morgan fingerprint density at radius 2 is 2.57 bits per heavy atom. The van der Waals surface area contributed by atoms with Gasteiger partial charge in [0, 0.05) is 24.2 Å². The topological polar surface area (TPSA) is 34.0 Å². The normalized spacial score (nSPS) is 21.6. The van der Waals surface area contributed by atoms with Gasteiger partial charge in [-0.15, -0.1) is 0 Å². The van der Waals surface area contributed by atoms with E-state index in [1.165, 1.54) is 37.1 Å². The van der Waals surface area contributed by atoms with Crippen LogP contribution in [0.15, 0.2) is 16.4 Å². The molecule has 4 heteroatoms. The minimum absolute atomic E-state index is 0.171. The van der Waals surface area contributed by atoms with Crippen LogP contribution in [-0.2, 0) is 6.54 Å². The Kier molecular flexibility index (Phi) is 3.37. The van der Waals surface area contributed by atoms with Crippen LogP contribution in [0, 0.1) is 0 Å². The van der Waals surface area contributed by atoms with Crippen molar-refractivity contribution in [1.29, 1.82) is 0 Å². The minimum Gasteiger partial charge on any atom is -0.314 e. The molecular formula is C10H16N2OS. The molecule has 0 aromatic carbocycles. The van der Waals surface area contributed by atoms with E-state index in [0.29, 0.717) is 6.04 Å². The molecule has 0 spiro atoms. The van der Waals surface area contributed by atoms with E-state index in [0.717, 1.165) is 13.0 Å². The van der Waals surface area contributed by atoms with Crippen molar-refractivity contribution in [2.75, 3.05) is 6.54 Å². The number of thiazole rings is 1. The molecule has 0 aliphatic carbocycles. The van der Waals surface area contributed by atoms with Gasteiger partial charge in [-0.25, -0.2) is 0 Å². The first-order valence-corrected chi connectivity index (χ1v) is 6.11. The van der Waals surface area contributed by atoms with E-state index in [4.69, 9.17) is 0 Å². The van der Waals surface area contributed by atoms with Gasteiger partial charge in [-0.1, -0.05) is 11.3 Å². The van der Waals surface area contributed by atoms with Crippen molar-refractivity contribution in [3.8, 4) is 0 Å². The van der Waals surface area contributed by atoms with Gasteiger partial charge >= 0.3 is 4.87 Å². The maximum Gasteiger partial charge on any atom is 0.307 e. The molecule has 78 valence electrons. The zero-order valence-electron chi connectivity index (χ0n) is 8.24. The number of nitrogens with one attached hydrogen (secondary N) is 1. The van der Waals surface area contributed by atoms with E-state index in [2.05, 4.69) is 5.32 Å². The van der Waals surface area contributed by atoms with E-state index in [1.807, 2.05) is 11.6 Å². The molecule has 0 amide bonds. The standard InChI is InChI=1S/C10H16N2OS/c13-10-12(7-8-14-10)6-2-4-9-3-1-5-11-9/h7-9,11H,1-6H2. The first kappa shape index (κ1) is 9.93. The van der Waals surface area contributed by atoms with Crippen LogP contribution in [0.25, 0.3) is 0 Å². The number of rotatable bonds is 4. The summed E-state index contributed by atoms with van der Waals surface area (Å²) in [5, 5.41) is 5.32. The molecule has 3 nitrogen and oxygen atoms in total. The Bertz CT molecular complexity index is 325. The summed E-state index contributed by atoms with van der Waals surface area (Å²) in [4.78, 5) is 11.4. The maximum atomic E-state index is 11.2. The van der Waals surface area contributed by atoms with Crippen LogP contribution >= 0.6 is 11.3 Å². The highest BCUT2D eigenvalue weighted by Crippen LogP contribution is 2.11. The SMILES string of the molecule is O=c1sccn1CCCC1CCCN1. The molecule has 1 saturated heterocycles. The third-order valence-electron chi connectivity index (χ3n) is 2.76. The van der Waals surface area contributed by atoms with Crippen molar-refractivity contribution in [3.63, 3.8) is 0 Å². The summed E-state index contributed by atoms with van der Waals surface area (Å²) in [7, 11) is 0. The summed E-state index contributed by atoms with van der Waals surface area (Å²) in [5.41, 5.74) is 0. The third-order valence-corrected chi connectivity index (χ3v) is 3.45. The highest BCUT2D eigenvalue weighted by molar-refractivity contribution is 7.07. The molecule has 1 fully saturated rings. The highest BCUT2D eigenvalue weighted by Gasteiger charge is 2.12. The van der Waals surface area contributed by atoms with Gasteiger partial charge in [-0.2, -0.15) is 0 Å². The average Bonchev–Trinajstić information content (AvgIpc) is 2.78. The van der Waals surface area contributed by atoms with Gasteiger partial charge in [0.25, 0.3) is 0 Å². The van der Waals surface area contributed by atoms with Crippen LogP contribution in [0.5, 0.6) is 0 Å². The van der Waals surface area contributed by atoms with E-state index in [1.54, 1.807) is 4.57 Å². The Morgan fingerprint density at radius 1 is 1.64 bits per heavy atom. The van der Waals surface area contributed by atoms with Crippen LogP contribution < -0.4 is 10.2 Å². The second-order valence-corrected chi connectivity index (χ2v) is 4.65. The quantitative estimate of drug-likeness (QED) is 0.819. The highest BCUT2D eigenvalue weighted by atomic mass is 32.1. The van der Waals surface area contributed by atoms with Crippen LogP contribution in [-0.4, -0.2) is 17.2 Å². The van der Waals surface area contributed by atoms with E-state index >= 15 is 0 Å². The van der Waals surface area contributed by atoms with Crippen molar-refractivity contribution >= 4 is 11.3 Å². The van der Waals surface area contributed by atoms with Crippen molar-refractivity contribution in [2.24, 2.45) is 0 Å². The minimum atomic E-state index is 0.171. The van der Waals surface area contributed by atoms with Gasteiger partial charge in [0.2, 0.25) is 0 Å². The van der Waals surface area contributed by atoms with Gasteiger partial charge in [-0.3, -0.25) is 4.79 Å². The molecule has 1 unspecified atom stereocenters. The zero-order chi connectivity index (χ0) is 9.80. The van der Waals surface area contributed by atoms with Gasteiger partial charge in [0.05, 0.1) is 0 Å². The van der Waals surface area contributed by atoms with Crippen LogP contribution in [0.3, 0.4) is 0 Å². The summed E-state index contributed by atoms with van der Waals surface area (Å²) >= 11 is 1.28. The van der Waals surface area contributed by atoms with Crippen LogP contribution in [0.2, 0.25) is 0 Å². The summed E-state index contributed by atoms with van der Waals surface area (Å²) in [5.74, 6) is 0. The largest absolute Gasteiger partial charge is 0.314 e. The van der Waals surface area contributed by atoms with Gasteiger partial charge in [0.1, 0.15) is 0 Å². The monoisotopic (exact) mass is 212 g/mol. The lowest BCUT2D eigenvalue weighted by molar-refractivity contribution is 0.500. The van der Waals surface area contributed by atoms with Crippen LogP contribution in [0.1, 0.15) is 25.7 Å². The molecule has 2 heterocycles. The molecule has 1 aromatic rings. The molecule has 1 N–H and O–H groups in total. The fraction of sp³-hybridized carbons (Fsp3) is 0.700. The zero-order valence-corrected chi connectivity index (χ0v) is 9.05. The Hall–Kier alpha value is -0.610. The van der Waals surface area contributed by atoms with E-state index in [9.17, 15) is 4.79 Å². The van der Waals surface area contributed by atoms with Crippen molar-refractivity contribution in [1.82, 2.24) is 9.88 Å². The fourth-order valence-electron chi connectivity index (χ4n) is 1.97. The summed E-state index contributed by atoms with van der Waals surface area (Å²) in [6.45, 7) is 2.05. The molecule has 1 aliphatic rings. The van der Waals surface area contributed by atoms with Crippen molar-refractivity contribution < 1.29 is 0 Å². The second-order valence-electron chi connectivity index (χ2n) is 3.80. The lowest BCUT2D eigenvalue weighted by atomic mass is 10.1. The average molecular weight is 212 g/mol. The van der Waals surface area contributed by atoms with Gasteiger partial charge in [-0.05, 0) is 32.2 Å². The lowest BCUT2D eigenvalue weighted by Gasteiger charge is -2.09. The molecule has 0 radical (unpaired) electrons. The Morgan fingerprint density at radius 3 is 3.21 bits per heavy atom. The molecule has 0 bridgehead atoms. The molecule has 1 atom stereocenters. The van der Waals surface area contributed by atoms with Gasteiger partial charge in [0.15, 0.2) is 0 Å². The predicted molar refractivity (Wildman–Crippen MR) is 58.8 cm³/mol. The lowest BCUT2D eigenvalue weighted by Crippen LogP contribution is -2.22. The fourth-order valence-corrected chi connectivity index (χ4v) is 2.58. The van der Waals surface area contributed by atoms with Crippen molar-refractivity contribution in [2.45, 2.75) is 38.3 Å². The Labute approximate surface area is 87.8 Å². The number of hydrogen-bond donors (Lipinski definition) is 1. The maximum absolute atomic E-state index is 11.2. The molecule has 0 saturated carbocycles. The second kappa shape index (κ2) is 4.75. The van der Waals surface area contributed by atoms with E-state index in [-0.39, 0.29) is 4.87 Å². The van der Waals surface area contributed by atoms with Crippen molar-refractivity contribution in [3.05, 3.63) is 21.2 Å². The molecule has 1 aromatic heterocycles.